The van der Waals surface area contributed by atoms with Gasteiger partial charge in [-0.2, -0.15) is 0 Å². The van der Waals surface area contributed by atoms with Gasteiger partial charge in [0.15, 0.2) is 11.5 Å². The first kappa shape index (κ1) is 29.2. The molecular weight excluding hydrogens is 532 g/mol. The molecule has 8 heteroatoms. The van der Waals surface area contributed by atoms with Crippen LogP contribution in [0.2, 0.25) is 0 Å². The molecule has 0 radical (unpaired) electrons. The largest absolute Gasteiger partial charge is 0.507 e. The van der Waals surface area contributed by atoms with Gasteiger partial charge in [0.25, 0.3) is 11.7 Å². The molecule has 8 nitrogen and oxygen atoms in total. The molecule has 0 saturated carbocycles. The molecule has 0 aliphatic carbocycles. The van der Waals surface area contributed by atoms with Gasteiger partial charge in [-0.3, -0.25) is 9.59 Å². The summed E-state index contributed by atoms with van der Waals surface area (Å²) in [7, 11) is 1.55. The Morgan fingerprint density at radius 2 is 1.79 bits per heavy atom. The number of aliphatic hydroxyl groups is 1. The zero-order valence-electron chi connectivity index (χ0n) is 24.6. The quantitative estimate of drug-likeness (QED) is 0.189. The van der Waals surface area contributed by atoms with Crippen LogP contribution in [0.25, 0.3) is 5.76 Å². The zero-order valence-corrected chi connectivity index (χ0v) is 24.6. The molecule has 0 aromatic heterocycles. The predicted molar refractivity (Wildman–Crippen MR) is 161 cm³/mol. The lowest BCUT2D eigenvalue weighted by atomic mass is 9.94. The van der Waals surface area contributed by atoms with Crippen LogP contribution in [0.4, 0.5) is 0 Å². The Labute approximate surface area is 247 Å². The van der Waals surface area contributed by atoms with Crippen LogP contribution in [0.1, 0.15) is 49.1 Å². The van der Waals surface area contributed by atoms with Crippen molar-refractivity contribution >= 4 is 17.4 Å². The van der Waals surface area contributed by atoms with Gasteiger partial charge in [-0.15, -0.1) is 0 Å². The number of amides is 1. The second kappa shape index (κ2) is 12.7. The van der Waals surface area contributed by atoms with Gasteiger partial charge in [0.1, 0.15) is 24.2 Å². The Morgan fingerprint density at radius 3 is 2.50 bits per heavy atom. The molecule has 42 heavy (non-hydrogen) atoms. The van der Waals surface area contributed by atoms with E-state index in [0.717, 1.165) is 30.0 Å². The Kier molecular flexibility index (Phi) is 8.83. The highest BCUT2D eigenvalue weighted by atomic mass is 16.5. The molecule has 3 aromatic rings. The Hall–Kier alpha value is -4.30. The predicted octanol–water partition coefficient (Wildman–Crippen LogP) is 5.36. The van der Waals surface area contributed by atoms with Gasteiger partial charge in [-0.1, -0.05) is 50.2 Å². The van der Waals surface area contributed by atoms with E-state index in [4.69, 9.17) is 14.2 Å². The number of fused-ring (bicyclic) bond motifs is 1. The molecule has 1 amide bonds. The van der Waals surface area contributed by atoms with E-state index in [1.165, 1.54) is 0 Å². The molecule has 220 valence electrons. The van der Waals surface area contributed by atoms with Crippen LogP contribution in [-0.2, 0) is 22.6 Å². The third kappa shape index (κ3) is 5.85. The van der Waals surface area contributed by atoms with Gasteiger partial charge in [-0.05, 0) is 67.0 Å². The number of likely N-dealkylation sites (tertiary alicyclic amines) is 1. The fourth-order valence-corrected chi connectivity index (χ4v) is 5.68. The SMILES string of the molecule is CCN(CC)CCN1C(=O)C(=O)/C(=C(/O)c2ccc3c(c2)CC(C)O3)C1c1ccc(OCc2ccccc2)c(OC)c1. The molecule has 1 saturated heterocycles. The van der Waals surface area contributed by atoms with E-state index in [9.17, 15) is 14.7 Å². The van der Waals surface area contributed by atoms with E-state index >= 15 is 0 Å². The second-order valence-corrected chi connectivity index (χ2v) is 10.7. The molecule has 1 fully saturated rings. The highest BCUT2D eigenvalue weighted by molar-refractivity contribution is 6.46. The number of hydrogen-bond acceptors (Lipinski definition) is 7. The molecule has 3 aromatic carbocycles. The number of Topliss-reactive ketones (excluding diaryl/α,β-unsaturated/α-hetero) is 1. The number of carbonyl (C=O) groups excluding carboxylic acids is 2. The van der Waals surface area contributed by atoms with Gasteiger partial charge in [0.2, 0.25) is 0 Å². The van der Waals surface area contributed by atoms with Crippen LogP contribution >= 0.6 is 0 Å². The molecular formula is C34H38N2O6. The van der Waals surface area contributed by atoms with Crippen molar-refractivity contribution in [1.29, 1.82) is 0 Å². The van der Waals surface area contributed by atoms with E-state index in [1.54, 1.807) is 36.3 Å². The van der Waals surface area contributed by atoms with E-state index in [2.05, 4.69) is 18.7 Å². The number of aliphatic hydroxyl groups excluding tert-OH is 1. The Balaban J connectivity index is 1.54. The van der Waals surface area contributed by atoms with Crippen LogP contribution < -0.4 is 14.2 Å². The van der Waals surface area contributed by atoms with E-state index in [-0.39, 0.29) is 17.4 Å². The van der Waals surface area contributed by atoms with Crippen molar-refractivity contribution in [1.82, 2.24) is 9.80 Å². The van der Waals surface area contributed by atoms with Crippen LogP contribution in [0.5, 0.6) is 17.2 Å². The van der Waals surface area contributed by atoms with Crippen molar-refractivity contribution in [3.63, 3.8) is 0 Å². The third-order valence-electron chi connectivity index (χ3n) is 8.00. The lowest BCUT2D eigenvalue weighted by Crippen LogP contribution is -2.38. The first-order valence-corrected chi connectivity index (χ1v) is 14.5. The highest BCUT2D eigenvalue weighted by Crippen LogP contribution is 2.43. The molecule has 2 aliphatic rings. The second-order valence-electron chi connectivity index (χ2n) is 10.7. The van der Waals surface area contributed by atoms with Gasteiger partial charge in [-0.25, -0.2) is 0 Å². The topological polar surface area (TPSA) is 88.5 Å². The van der Waals surface area contributed by atoms with Crippen LogP contribution in [0, 0.1) is 0 Å². The minimum Gasteiger partial charge on any atom is -0.507 e. The summed E-state index contributed by atoms with van der Waals surface area (Å²) in [5.74, 6) is 0.251. The van der Waals surface area contributed by atoms with Crippen LogP contribution in [0.15, 0.2) is 72.3 Å². The minimum atomic E-state index is -0.791. The van der Waals surface area contributed by atoms with Gasteiger partial charge < -0.3 is 29.1 Å². The minimum absolute atomic E-state index is 0.0399. The third-order valence-corrected chi connectivity index (χ3v) is 8.00. The van der Waals surface area contributed by atoms with Crippen molar-refractivity contribution < 1.29 is 28.9 Å². The number of hydrogen-bond donors (Lipinski definition) is 1. The molecule has 2 atom stereocenters. The lowest BCUT2D eigenvalue weighted by Gasteiger charge is -2.28. The number of rotatable bonds is 11. The Morgan fingerprint density at radius 1 is 1.02 bits per heavy atom. The monoisotopic (exact) mass is 570 g/mol. The van der Waals surface area contributed by atoms with Crippen molar-refractivity contribution in [3.8, 4) is 17.2 Å². The first-order chi connectivity index (χ1) is 20.3. The molecule has 2 unspecified atom stereocenters. The van der Waals surface area contributed by atoms with Crippen molar-refractivity contribution in [2.24, 2.45) is 0 Å². The summed E-state index contributed by atoms with van der Waals surface area (Å²) in [5, 5.41) is 11.6. The molecule has 0 bridgehead atoms. The summed E-state index contributed by atoms with van der Waals surface area (Å²) in [6, 6.07) is 19.8. The highest BCUT2D eigenvalue weighted by Gasteiger charge is 2.46. The maximum atomic E-state index is 13.6. The molecule has 5 rings (SSSR count). The maximum absolute atomic E-state index is 13.6. The number of carbonyl (C=O) groups is 2. The summed E-state index contributed by atoms with van der Waals surface area (Å²) in [6.07, 6.45) is 0.748. The average Bonchev–Trinajstić information content (AvgIpc) is 3.51. The summed E-state index contributed by atoms with van der Waals surface area (Å²) in [4.78, 5) is 30.8. The summed E-state index contributed by atoms with van der Waals surface area (Å²) >= 11 is 0. The van der Waals surface area contributed by atoms with Crippen molar-refractivity contribution in [3.05, 3.63) is 94.6 Å². The van der Waals surface area contributed by atoms with E-state index in [1.807, 2.05) is 49.4 Å². The van der Waals surface area contributed by atoms with E-state index < -0.39 is 17.7 Å². The molecule has 0 spiro atoms. The van der Waals surface area contributed by atoms with Gasteiger partial charge in [0, 0.05) is 25.1 Å². The number of likely N-dealkylation sites (N-methyl/N-ethyl adjacent to an activating group) is 1. The first-order valence-electron chi connectivity index (χ1n) is 14.5. The number of nitrogens with zero attached hydrogens (tertiary/aromatic N) is 2. The average molecular weight is 571 g/mol. The molecule has 2 aliphatic heterocycles. The van der Waals surface area contributed by atoms with Crippen LogP contribution in [-0.4, -0.2) is 66.0 Å². The smallest absolute Gasteiger partial charge is 0.295 e. The number of methoxy groups -OCH3 is 1. The molecule has 1 N–H and O–H groups in total. The van der Waals surface area contributed by atoms with Crippen LogP contribution in [0.3, 0.4) is 0 Å². The maximum Gasteiger partial charge on any atom is 0.295 e. The fourth-order valence-electron chi connectivity index (χ4n) is 5.68. The van der Waals surface area contributed by atoms with Crippen molar-refractivity contribution in [2.75, 3.05) is 33.3 Å². The molecule has 2 heterocycles. The summed E-state index contributed by atoms with van der Waals surface area (Å²) in [6.45, 7) is 9.04. The van der Waals surface area contributed by atoms with E-state index in [0.29, 0.717) is 48.7 Å². The van der Waals surface area contributed by atoms with Gasteiger partial charge >= 0.3 is 0 Å². The van der Waals surface area contributed by atoms with Crippen molar-refractivity contribution in [2.45, 2.75) is 45.9 Å². The normalized spacial score (nSPS) is 19.2. The number of ether oxygens (including phenoxy) is 3. The number of benzene rings is 3. The van der Waals surface area contributed by atoms with Gasteiger partial charge in [0.05, 0.1) is 18.7 Å². The lowest BCUT2D eigenvalue weighted by molar-refractivity contribution is -0.140. The zero-order chi connectivity index (χ0) is 29.8. The summed E-state index contributed by atoms with van der Waals surface area (Å²) < 4.78 is 17.5. The standard InChI is InChI=1S/C34H38N2O6/c1-5-35(6-2)16-17-36-31(24-12-15-28(29(20-24)40-4)41-21-23-10-8-7-9-11-23)30(33(38)34(36)39)32(37)25-13-14-27-26(19-25)18-22(3)42-27/h7-15,19-20,22,31,37H,5-6,16-18,21H2,1-4H3/b32-30+. The number of ketones is 1. The Bertz CT molecular complexity index is 1480. The fraction of sp³-hybridized carbons (Fsp3) is 0.353. The summed E-state index contributed by atoms with van der Waals surface area (Å²) in [5.41, 5.74) is 3.17.